The Hall–Kier alpha value is -2.95. The minimum atomic E-state index is -3.89. The van der Waals surface area contributed by atoms with Crippen LogP contribution in [0.3, 0.4) is 0 Å². The average molecular weight is 531 g/mol. The van der Waals surface area contributed by atoms with Crippen molar-refractivity contribution in [3.8, 4) is 0 Å². The van der Waals surface area contributed by atoms with E-state index in [1.165, 1.54) is 23.5 Å². The fourth-order valence-electron chi connectivity index (χ4n) is 4.42. The molecule has 0 spiro atoms. The van der Waals surface area contributed by atoms with Crippen molar-refractivity contribution in [3.05, 3.63) is 65.7 Å². The second-order valence-electron chi connectivity index (χ2n) is 9.21. The number of sulfonamides is 1. The van der Waals surface area contributed by atoms with Gasteiger partial charge in [-0.3, -0.25) is 4.79 Å². The maximum atomic E-state index is 13.8. The summed E-state index contributed by atoms with van der Waals surface area (Å²) in [6.07, 6.45) is 1.25. The SMILES string of the molecule is CCNC(=O)N1CCC(N(Cc2ccc(C)cc2)C(=O)CN(CCOC)S(=O)(=O)c2ccccc2)CC1. The molecule has 1 saturated heterocycles. The van der Waals surface area contributed by atoms with Crippen LogP contribution in [0.15, 0.2) is 59.5 Å². The quantitative estimate of drug-likeness (QED) is 0.482. The van der Waals surface area contributed by atoms with Crippen molar-refractivity contribution >= 4 is 22.0 Å². The molecule has 1 aliphatic heterocycles. The minimum Gasteiger partial charge on any atom is -0.383 e. The second-order valence-corrected chi connectivity index (χ2v) is 11.1. The monoisotopic (exact) mass is 530 g/mol. The lowest BCUT2D eigenvalue weighted by atomic mass is 10.0. The number of piperidine rings is 1. The van der Waals surface area contributed by atoms with Crippen molar-refractivity contribution in [1.29, 1.82) is 0 Å². The molecular formula is C27H38N4O5S. The van der Waals surface area contributed by atoms with E-state index in [0.717, 1.165) is 11.1 Å². The number of nitrogens with one attached hydrogen (secondary N) is 1. The number of ether oxygens (including phenoxy) is 1. The molecule has 3 amide bonds. The molecule has 0 unspecified atom stereocenters. The summed E-state index contributed by atoms with van der Waals surface area (Å²) in [5, 5.41) is 2.83. The molecule has 9 nitrogen and oxygen atoms in total. The molecule has 2 aromatic carbocycles. The second kappa shape index (κ2) is 13.6. The van der Waals surface area contributed by atoms with Gasteiger partial charge in [-0.1, -0.05) is 48.0 Å². The fraction of sp³-hybridized carbons (Fsp3) is 0.481. The third kappa shape index (κ3) is 7.77. The molecule has 3 rings (SSSR count). The van der Waals surface area contributed by atoms with Gasteiger partial charge in [0.05, 0.1) is 18.0 Å². The number of urea groups is 1. The van der Waals surface area contributed by atoms with E-state index in [1.54, 1.807) is 28.0 Å². The van der Waals surface area contributed by atoms with Crippen LogP contribution >= 0.6 is 0 Å². The van der Waals surface area contributed by atoms with Crippen molar-refractivity contribution in [1.82, 2.24) is 19.4 Å². The largest absolute Gasteiger partial charge is 0.383 e. The zero-order valence-electron chi connectivity index (χ0n) is 21.9. The van der Waals surface area contributed by atoms with Crippen molar-refractivity contribution in [2.75, 3.05) is 46.4 Å². The van der Waals surface area contributed by atoms with Crippen LogP contribution in [0.4, 0.5) is 4.79 Å². The summed E-state index contributed by atoms with van der Waals surface area (Å²) in [5.74, 6) is -0.271. The molecule has 0 bridgehead atoms. The van der Waals surface area contributed by atoms with Gasteiger partial charge in [0.15, 0.2) is 0 Å². The highest BCUT2D eigenvalue weighted by atomic mass is 32.2. The molecule has 1 fully saturated rings. The molecule has 0 aliphatic carbocycles. The highest BCUT2D eigenvalue weighted by Gasteiger charge is 2.33. The van der Waals surface area contributed by atoms with E-state index in [1.807, 2.05) is 38.1 Å². The van der Waals surface area contributed by atoms with E-state index in [4.69, 9.17) is 4.74 Å². The van der Waals surface area contributed by atoms with Crippen LogP contribution in [0.25, 0.3) is 0 Å². The Bertz CT molecular complexity index is 1120. The summed E-state index contributed by atoms with van der Waals surface area (Å²) >= 11 is 0. The number of nitrogens with zero attached hydrogens (tertiary/aromatic N) is 3. The summed E-state index contributed by atoms with van der Waals surface area (Å²) < 4.78 is 33.1. The maximum absolute atomic E-state index is 13.8. The zero-order chi connectivity index (χ0) is 26.8. The first-order valence-electron chi connectivity index (χ1n) is 12.7. The van der Waals surface area contributed by atoms with E-state index < -0.39 is 10.0 Å². The lowest BCUT2D eigenvalue weighted by molar-refractivity contribution is -0.135. The predicted octanol–water partition coefficient (Wildman–Crippen LogP) is 2.85. The molecular weight excluding hydrogens is 492 g/mol. The van der Waals surface area contributed by atoms with Gasteiger partial charge in [-0.05, 0) is 44.4 Å². The minimum absolute atomic E-state index is 0.0630. The van der Waals surface area contributed by atoms with Crippen molar-refractivity contribution < 1.29 is 22.7 Å². The molecule has 1 aliphatic rings. The van der Waals surface area contributed by atoms with Crippen molar-refractivity contribution in [2.24, 2.45) is 0 Å². The number of amides is 3. The van der Waals surface area contributed by atoms with Gasteiger partial charge in [0.1, 0.15) is 0 Å². The summed E-state index contributed by atoms with van der Waals surface area (Å²) in [4.78, 5) is 29.7. The number of carbonyl (C=O) groups is 2. The zero-order valence-corrected chi connectivity index (χ0v) is 22.7. The number of likely N-dealkylation sites (tertiary alicyclic amines) is 1. The molecule has 2 aromatic rings. The fourth-order valence-corrected chi connectivity index (χ4v) is 5.81. The summed E-state index contributed by atoms with van der Waals surface area (Å²) in [5.41, 5.74) is 2.09. The van der Waals surface area contributed by atoms with Crippen LogP contribution in [0, 0.1) is 6.92 Å². The van der Waals surface area contributed by atoms with Gasteiger partial charge < -0.3 is 19.9 Å². The van der Waals surface area contributed by atoms with Gasteiger partial charge in [-0.15, -0.1) is 0 Å². The normalized spacial score (nSPS) is 14.5. The number of aryl methyl sites for hydroxylation is 1. The summed E-state index contributed by atoms with van der Waals surface area (Å²) in [6.45, 7) is 5.82. The Morgan fingerprint density at radius 1 is 1.05 bits per heavy atom. The number of rotatable bonds is 11. The molecule has 1 N–H and O–H groups in total. The van der Waals surface area contributed by atoms with Crippen LogP contribution < -0.4 is 5.32 Å². The van der Waals surface area contributed by atoms with Crippen molar-refractivity contribution in [2.45, 2.75) is 44.2 Å². The Morgan fingerprint density at radius 3 is 2.30 bits per heavy atom. The van der Waals surface area contributed by atoms with Crippen LogP contribution in [-0.4, -0.2) is 86.9 Å². The van der Waals surface area contributed by atoms with Crippen LogP contribution in [0.5, 0.6) is 0 Å². The molecule has 0 atom stereocenters. The third-order valence-electron chi connectivity index (χ3n) is 6.55. The number of methoxy groups -OCH3 is 1. The van der Waals surface area contributed by atoms with Gasteiger partial charge >= 0.3 is 6.03 Å². The van der Waals surface area contributed by atoms with Crippen LogP contribution in [0.2, 0.25) is 0 Å². The van der Waals surface area contributed by atoms with Crippen LogP contribution in [0.1, 0.15) is 30.9 Å². The molecule has 0 saturated carbocycles. The average Bonchev–Trinajstić information content (AvgIpc) is 2.91. The first-order chi connectivity index (χ1) is 17.8. The Kier molecular flexibility index (Phi) is 10.5. The maximum Gasteiger partial charge on any atom is 0.317 e. The number of carbonyl (C=O) groups excluding carboxylic acids is 2. The molecule has 0 aromatic heterocycles. The smallest absolute Gasteiger partial charge is 0.317 e. The lowest BCUT2D eigenvalue weighted by Crippen LogP contribution is -2.52. The van der Waals surface area contributed by atoms with E-state index >= 15 is 0 Å². The molecule has 202 valence electrons. The number of hydrogen-bond donors (Lipinski definition) is 1. The lowest BCUT2D eigenvalue weighted by Gasteiger charge is -2.39. The first-order valence-corrected chi connectivity index (χ1v) is 14.1. The van der Waals surface area contributed by atoms with Gasteiger partial charge in [0, 0.05) is 45.9 Å². The predicted molar refractivity (Wildman–Crippen MR) is 142 cm³/mol. The van der Waals surface area contributed by atoms with Gasteiger partial charge in [0.25, 0.3) is 0 Å². The summed E-state index contributed by atoms with van der Waals surface area (Å²) in [7, 11) is -2.39. The molecule has 37 heavy (non-hydrogen) atoms. The standard InChI is InChI=1S/C27H38N4O5S/c1-4-28-27(33)29-16-14-24(15-17-29)31(20-23-12-10-22(2)11-13-23)26(32)21-30(18-19-36-3)37(34,35)25-8-6-5-7-9-25/h5-13,24H,4,14-21H2,1-3H3,(H,28,33). The molecule has 0 radical (unpaired) electrons. The van der Waals surface area contributed by atoms with E-state index in [0.29, 0.717) is 39.0 Å². The number of hydrogen-bond acceptors (Lipinski definition) is 5. The van der Waals surface area contributed by atoms with E-state index in [-0.39, 0.29) is 42.6 Å². The van der Waals surface area contributed by atoms with Crippen LogP contribution in [-0.2, 0) is 26.1 Å². The van der Waals surface area contributed by atoms with Gasteiger partial charge in [0.2, 0.25) is 15.9 Å². The molecule has 1 heterocycles. The Labute approximate surface area is 220 Å². The van der Waals surface area contributed by atoms with E-state index in [2.05, 4.69) is 5.32 Å². The van der Waals surface area contributed by atoms with Crippen molar-refractivity contribution in [3.63, 3.8) is 0 Å². The topological polar surface area (TPSA) is 99.3 Å². The Balaban J connectivity index is 1.82. The highest BCUT2D eigenvalue weighted by Crippen LogP contribution is 2.22. The highest BCUT2D eigenvalue weighted by molar-refractivity contribution is 7.89. The Morgan fingerprint density at radius 2 is 1.70 bits per heavy atom. The first kappa shape index (κ1) is 28.6. The van der Waals surface area contributed by atoms with E-state index in [9.17, 15) is 18.0 Å². The third-order valence-corrected chi connectivity index (χ3v) is 8.41. The number of benzene rings is 2. The van der Waals surface area contributed by atoms with Gasteiger partial charge in [-0.2, -0.15) is 4.31 Å². The molecule has 10 heteroatoms. The van der Waals surface area contributed by atoms with Gasteiger partial charge in [-0.25, -0.2) is 13.2 Å². The summed E-state index contributed by atoms with van der Waals surface area (Å²) in [6, 6.07) is 15.9.